The lowest BCUT2D eigenvalue weighted by Crippen LogP contribution is -2.28. The number of ether oxygens (including phenoxy) is 1. The third-order valence-corrected chi connectivity index (χ3v) is 2.70. The van der Waals surface area contributed by atoms with Crippen molar-refractivity contribution in [3.05, 3.63) is 38.9 Å². The van der Waals surface area contributed by atoms with Gasteiger partial charge in [-0.25, -0.2) is 0 Å². The molecule has 0 aliphatic heterocycles. The summed E-state index contributed by atoms with van der Waals surface area (Å²) >= 11 is 5.72. The summed E-state index contributed by atoms with van der Waals surface area (Å²) in [6.07, 6.45) is -0.351. The molecule has 0 heterocycles. The van der Waals surface area contributed by atoms with E-state index in [1.165, 1.54) is 19.2 Å². The lowest BCUT2D eigenvalue weighted by atomic mass is 10.2. The van der Waals surface area contributed by atoms with E-state index in [2.05, 4.69) is 5.32 Å². The SMILES string of the molecule is COCC(O)CCNC(=O)c1cc(Cl)cc([N+](=O)[O-])c1. The van der Waals surface area contributed by atoms with E-state index in [9.17, 15) is 20.0 Å². The van der Waals surface area contributed by atoms with Gasteiger partial charge in [0, 0.05) is 36.4 Å². The van der Waals surface area contributed by atoms with E-state index >= 15 is 0 Å². The van der Waals surface area contributed by atoms with Gasteiger partial charge in [0.1, 0.15) is 0 Å². The number of nitrogens with one attached hydrogen (secondary N) is 1. The summed E-state index contributed by atoms with van der Waals surface area (Å²) in [5, 5.41) is 22.7. The lowest BCUT2D eigenvalue weighted by molar-refractivity contribution is -0.384. The number of nitro groups is 1. The molecule has 1 unspecified atom stereocenters. The molecule has 0 saturated heterocycles. The molecule has 0 radical (unpaired) electrons. The van der Waals surface area contributed by atoms with Gasteiger partial charge in [0.25, 0.3) is 11.6 Å². The summed E-state index contributed by atoms with van der Waals surface area (Å²) in [5.74, 6) is -0.486. The minimum atomic E-state index is -0.672. The largest absolute Gasteiger partial charge is 0.391 e. The van der Waals surface area contributed by atoms with Gasteiger partial charge in [0.2, 0.25) is 0 Å². The molecular weight excluding hydrogens is 288 g/mol. The van der Waals surface area contributed by atoms with Crippen LogP contribution in [0, 0.1) is 10.1 Å². The number of nitro benzene ring substituents is 1. The highest BCUT2D eigenvalue weighted by Crippen LogP contribution is 2.20. The quantitative estimate of drug-likeness (QED) is 0.585. The maximum Gasteiger partial charge on any atom is 0.271 e. The van der Waals surface area contributed by atoms with Crippen molar-refractivity contribution in [3.8, 4) is 0 Å². The van der Waals surface area contributed by atoms with Gasteiger partial charge in [-0.3, -0.25) is 14.9 Å². The number of aliphatic hydroxyl groups excluding tert-OH is 1. The van der Waals surface area contributed by atoms with E-state index in [1.54, 1.807) is 0 Å². The van der Waals surface area contributed by atoms with Gasteiger partial charge < -0.3 is 15.2 Å². The predicted octanol–water partition coefficient (Wildman–Crippen LogP) is 1.38. The Morgan fingerprint density at radius 3 is 2.85 bits per heavy atom. The summed E-state index contributed by atoms with van der Waals surface area (Å²) in [5.41, 5.74) is -0.146. The molecule has 2 N–H and O–H groups in total. The Labute approximate surface area is 120 Å². The lowest BCUT2D eigenvalue weighted by Gasteiger charge is -2.10. The third kappa shape index (κ3) is 5.12. The van der Waals surface area contributed by atoms with Gasteiger partial charge in [0.05, 0.1) is 17.6 Å². The molecule has 0 saturated carbocycles. The number of hydrogen-bond donors (Lipinski definition) is 2. The van der Waals surface area contributed by atoms with Crippen LogP contribution in [0.1, 0.15) is 16.8 Å². The molecule has 0 fully saturated rings. The van der Waals surface area contributed by atoms with E-state index in [0.29, 0.717) is 6.42 Å². The number of amides is 1. The number of carbonyl (C=O) groups excluding carboxylic acids is 1. The number of aliphatic hydroxyl groups is 1. The first-order valence-corrected chi connectivity index (χ1v) is 6.22. The van der Waals surface area contributed by atoms with Crippen LogP contribution < -0.4 is 5.32 Å². The van der Waals surface area contributed by atoms with Crippen molar-refractivity contribution < 1.29 is 19.6 Å². The third-order valence-electron chi connectivity index (χ3n) is 2.48. The van der Waals surface area contributed by atoms with Crippen LogP contribution in [0.25, 0.3) is 0 Å². The van der Waals surface area contributed by atoms with Gasteiger partial charge in [-0.15, -0.1) is 0 Å². The first kappa shape index (κ1) is 16.4. The summed E-state index contributed by atoms with van der Waals surface area (Å²) < 4.78 is 4.75. The van der Waals surface area contributed by atoms with Gasteiger partial charge in [-0.1, -0.05) is 11.6 Å². The average Bonchev–Trinajstić information content (AvgIpc) is 2.38. The number of carbonyl (C=O) groups is 1. The monoisotopic (exact) mass is 302 g/mol. The fraction of sp³-hybridized carbons (Fsp3) is 0.417. The van der Waals surface area contributed by atoms with Crippen molar-refractivity contribution in [1.29, 1.82) is 0 Å². The Hall–Kier alpha value is -1.70. The van der Waals surface area contributed by atoms with Gasteiger partial charge in [0.15, 0.2) is 0 Å². The van der Waals surface area contributed by atoms with Gasteiger partial charge >= 0.3 is 0 Å². The summed E-state index contributed by atoms with van der Waals surface area (Å²) in [7, 11) is 1.47. The molecule has 0 aliphatic carbocycles. The van der Waals surface area contributed by atoms with Crippen molar-refractivity contribution in [2.75, 3.05) is 20.3 Å². The molecular formula is C12H15ClN2O5. The van der Waals surface area contributed by atoms with Crippen molar-refractivity contribution in [2.45, 2.75) is 12.5 Å². The fourth-order valence-corrected chi connectivity index (χ4v) is 1.77. The Kier molecular flexibility index (Phi) is 6.37. The molecule has 20 heavy (non-hydrogen) atoms. The van der Waals surface area contributed by atoms with Crippen LogP contribution in [0.3, 0.4) is 0 Å². The highest BCUT2D eigenvalue weighted by Gasteiger charge is 2.14. The van der Waals surface area contributed by atoms with Crippen LogP contribution >= 0.6 is 11.6 Å². The molecule has 0 aromatic heterocycles. The normalized spacial score (nSPS) is 11.9. The van der Waals surface area contributed by atoms with E-state index in [-0.39, 0.29) is 29.4 Å². The summed E-state index contributed by atoms with van der Waals surface area (Å²) in [4.78, 5) is 21.9. The molecule has 1 amide bonds. The molecule has 1 aromatic rings. The predicted molar refractivity (Wildman–Crippen MR) is 72.9 cm³/mol. The Balaban J connectivity index is 2.61. The topological polar surface area (TPSA) is 102 Å². The number of methoxy groups -OCH3 is 1. The molecule has 0 bridgehead atoms. The highest BCUT2D eigenvalue weighted by molar-refractivity contribution is 6.31. The van der Waals surface area contributed by atoms with Crippen LogP contribution in [0.5, 0.6) is 0 Å². The van der Waals surface area contributed by atoms with E-state index in [0.717, 1.165) is 6.07 Å². The first-order chi connectivity index (χ1) is 9.43. The second-order valence-corrected chi connectivity index (χ2v) is 4.55. The van der Waals surface area contributed by atoms with E-state index in [4.69, 9.17) is 16.3 Å². The van der Waals surface area contributed by atoms with Crippen LogP contribution in [-0.2, 0) is 4.74 Å². The summed E-state index contributed by atoms with van der Waals surface area (Å²) in [6.45, 7) is 0.405. The molecule has 0 spiro atoms. The fourth-order valence-electron chi connectivity index (χ4n) is 1.54. The highest BCUT2D eigenvalue weighted by atomic mass is 35.5. The Morgan fingerprint density at radius 2 is 2.25 bits per heavy atom. The number of halogens is 1. The smallest absolute Gasteiger partial charge is 0.271 e. The molecule has 110 valence electrons. The number of non-ortho nitro benzene ring substituents is 1. The maximum atomic E-state index is 11.8. The Morgan fingerprint density at radius 1 is 1.55 bits per heavy atom. The second kappa shape index (κ2) is 7.78. The molecule has 1 atom stereocenters. The van der Waals surface area contributed by atoms with Crippen LogP contribution in [0.15, 0.2) is 18.2 Å². The number of rotatable bonds is 7. The van der Waals surface area contributed by atoms with E-state index in [1.807, 2.05) is 0 Å². The standard InChI is InChI=1S/C12H15ClN2O5/c1-20-7-11(16)2-3-14-12(17)8-4-9(13)6-10(5-8)15(18)19/h4-6,11,16H,2-3,7H2,1H3,(H,14,17). The minimum absolute atomic E-state index is 0.102. The van der Waals surface area contributed by atoms with Crippen LogP contribution in [-0.4, -0.2) is 42.3 Å². The molecule has 8 heteroatoms. The van der Waals surface area contributed by atoms with Gasteiger partial charge in [-0.2, -0.15) is 0 Å². The zero-order chi connectivity index (χ0) is 15.1. The zero-order valence-electron chi connectivity index (χ0n) is 10.8. The van der Waals surface area contributed by atoms with E-state index < -0.39 is 16.9 Å². The number of nitrogens with zero attached hydrogens (tertiary/aromatic N) is 1. The Bertz CT molecular complexity index is 495. The van der Waals surface area contributed by atoms with Crippen LogP contribution in [0.4, 0.5) is 5.69 Å². The molecule has 1 rings (SSSR count). The van der Waals surface area contributed by atoms with Crippen molar-refractivity contribution in [2.24, 2.45) is 0 Å². The second-order valence-electron chi connectivity index (χ2n) is 4.11. The maximum absolute atomic E-state index is 11.8. The van der Waals surface area contributed by atoms with Crippen LogP contribution in [0.2, 0.25) is 5.02 Å². The summed E-state index contributed by atoms with van der Waals surface area (Å²) in [6, 6.07) is 3.66. The number of benzene rings is 1. The molecule has 7 nitrogen and oxygen atoms in total. The minimum Gasteiger partial charge on any atom is -0.391 e. The van der Waals surface area contributed by atoms with Crippen molar-refractivity contribution >= 4 is 23.2 Å². The van der Waals surface area contributed by atoms with Gasteiger partial charge in [-0.05, 0) is 12.5 Å². The van der Waals surface area contributed by atoms with Crippen molar-refractivity contribution in [3.63, 3.8) is 0 Å². The van der Waals surface area contributed by atoms with Crippen molar-refractivity contribution in [1.82, 2.24) is 5.32 Å². The molecule has 1 aromatic carbocycles. The first-order valence-electron chi connectivity index (χ1n) is 5.84. The molecule has 0 aliphatic rings. The number of hydrogen-bond acceptors (Lipinski definition) is 5. The zero-order valence-corrected chi connectivity index (χ0v) is 11.6. The average molecular weight is 303 g/mol.